The van der Waals surface area contributed by atoms with Gasteiger partial charge in [-0.1, -0.05) is 6.07 Å². The van der Waals surface area contributed by atoms with Gasteiger partial charge in [0.2, 0.25) is 0 Å². The second kappa shape index (κ2) is 4.66. The highest BCUT2D eigenvalue weighted by molar-refractivity contribution is 6.06. The van der Waals surface area contributed by atoms with Crippen molar-refractivity contribution in [3.8, 4) is 0 Å². The number of carbonyl (C=O) groups is 2. The van der Waals surface area contributed by atoms with Crippen LogP contribution in [0.4, 0.5) is 5.82 Å². The highest BCUT2D eigenvalue weighted by Crippen LogP contribution is 2.16. The number of aromatic amines is 1. The molecule has 0 fully saturated rings. The molecule has 2 rings (SSSR count). The molecule has 2 aromatic heterocycles. The summed E-state index contributed by atoms with van der Waals surface area (Å²) in [6.45, 7) is 1.56. The van der Waals surface area contributed by atoms with E-state index in [0.717, 1.165) is 0 Å². The minimum Gasteiger partial charge on any atom is -0.477 e. The Balaban J connectivity index is 2.25. The number of hydrogen-bond acceptors (Lipinski definition) is 4. The highest BCUT2D eigenvalue weighted by atomic mass is 16.4. The van der Waals surface area contributed by atoms with Crippen LogP contribution in [0.2, 0.25) is 0 Å². The van der Waals surface area contributed by atoms with Crippen LogP contribution in [-0.2, 0) is 0 Å². The van der Waals surface area contributed by atoms with Crippen molar-refractivity contribution in [2.24, 2.45) is 0 Å². The summed E-state index contributed by atoms with van der Waals surface area (Å²) in [5, 5.41) is 17.6. The summed E-state index contributed by atoms with van der Waals surface area (Å²) >= 11 is 0. The summed E-state index contributed by atoms with van der Waals surface area (Å²) < 4.78 is 0. The summed E-state index contributed by atoms with van der Waals surface area (Å²) in [6, 6.07) is 4.86. The number of anilines is 1. The Morgan fingerprint density at radius 3 is 2.78 bits per heavy atom. The summed E-state index contributed by atoms with van der Waals surface area (Å²) in [6.07, 6.45) is 1.48. The smallest absolute Gasteiger partial charge is 0.341 e. The first kappa shape index (κ1) is 11.8. The lowest BCUT2D eigenvalue weighted by Gasteiger charge is -2.02. The molecule has 7 heteroatoms. The van der Waals surface area contributed by atoms with Crippen molar-refractivity contribution in [3.63, 3.8) is 0 Å². The number of aromatic nitrogens is 3. The summed E-state index contributed by atoms with van der Waals surface area (Å²) in [7, 11) is 0. The Labute approximate surface area is 102 Å². The number of nitrogens with one attached hydrogen (secondary N) is 2. The fraction of sp³-hybridized carbons (Fsp3) is 0.0909. The van der Waals surface area contributed by atoms with Crippen LogP contribution in [-0.4, -0.2) is 32.2 Å². The lowest BCUT2D eigenvalue weighted by atomic mass is 10.2. The number of nitrogens with zero attached hydrogens (tertiary/aromatic N) is 2. The largest absolute Gasteiger partial charge is 0.477 e. The van der Waals surface area contributed by atoms with E-state index in [2.05, 4.69) is 20.5 Å². The molecule has 92 valence electrons. The number of H-pyrrole nitrogens is 1. The molecule has 0 saturated carbocycles. The zero-order valence-electron chi connectivity index (χ0n) is 9.47. The Morgan fingerprint density at radius 2 is 2.17 bits per heavy atom. The van der Waals surface area contributed by atoms with Crippen LogP contribution in [0.1, 0.15) is 26.5 Å². The maximum absolute atomic E-state index is 11.8. The van der Waals surface area contributed by atoms with E-state index in [1.807, 2.05) is 0 Å². The zero-order valence-corrected chi connectivity index (χ0v) is 9.47. The molecule has 0 aliphatic carbocycles. The van der Waals surface area contributed by atoms with Crippen molar-refractivity contribution in [2.45, 2.75) is 6.92 Å². The van der Waals surface area contributed by atoms with Crippen LogP contribution in [0.3, 0.4) is 0 Å². The number of amides is 1. The molecule has 0 spiro atoms. The molecule has 0 saturated heterocycles. The second-order valence-corrected chi connectivity index (χ2v) is 3.55. The molecule has 0 aromatic carbocycles. The molecule has 2 aromatic rings. The lowest BCUT2D eigenvalue weighted by Crippen LogP contribution is -2.15. The number of carboxylic acids is 1. The summed E-state index contributed by atoms with van der Waals surface area (Å²) in [5.74, 6) is -1.68. The van der Waals surface area contributed by atoms with Crippen LogP contribution in [0.15, 0.2) is 24.4 Å². The summed E-state index contributed by atoms with van der Waals surface area (Å²) in [5.41, 5.74) is 0.507. The van der Waals surface area contributed by atoms with Gasteiger partial charge in [-0.15, -0.1) is 0 Å². The van der Waals surface area contributed by atoms with Gasteiger partial charge in [0.05, 0.1) is 0 Å². The van der Waals surface area contributed by atoms with Crippen LogP contribution in [0.5, 0.6) is 0 Å². The molecule has 3 N–H and O–H groups in total. The van der Waals surface area contributed by atoms with Gasteiger partial charge < -0.3 is 10.4 Å². The minimum atomic E-state index is -1.16. The predicted octanol–water partition coefficient (Wildman–Crippen LogP) is 1.06. The highest BCUT2D eigenvalue weighted by Gasteiger charge is 2.19. The molecule has 0 bridgehead atoms. The number of carboxylic acid groups (broad SMARTS) is 1. The molecule has 0 aliphatic rings. The normalized spacial score (nSPS) is 10.1. The van der Waals surface area contributed by atoms with Crippen molar-refractivity contribution < 1.29 is 14.7 Å². The van der Waals surface area contributed by atoms with Crippen LogP contribution < -0.4 is 5.32 Å². The van der Waals surface area contributed by atoms with E-state index in [1.54, 1.807) is 19.1 Å². The first-order chi connectivity index (χ1) is 8.59. The van der Waals surface area contributed by atoms with E-state index in [1.165, 1.54) is 12.3 Å². The quantitative estimate of drug-likeness (QED) is 0.750. The molecular weight excluding hydrogens is 236 g/mol. The molecule has 0 unspecified atom stereocenters. The van der Waals surface area contributed by atoms with Gasteiger partial charge in [0.15, 0.2) is 5.82 Å². The van der Waals surface area contributed by atoms with E-state index >= 15 is 0 Å². The molecule has 0 radical (unpaired) electrons. The van der Waals surface area contributed by atoms with Gasteiger partial charge in [-0.25, -0.2) is 4.79 Å². The van der Waals surface area contributed by atoms with E-state index < -0.39 is 11.9 Å². The third-order valence-electron chi connectivity index (χ3n) is 2.29. The SMILES string of the molecule is Cc1[nH]nc(NC(=O)c2ccccn2)c1C(=O)O. The van der Waals surface area contributed by atoms with Crippen molar-refractivity contribution in [1.29, 1.82) is 0 Å². The molecule has 2 heterocycles. The maximum atomic E-state index is 11.8. The molecule has 7 nitrogen and oxygen atoms in total. The summed E-state index contributed by atoms with van der Waals surface area (Å²) in [4.78, 5) is 26.6. The number of aryl methyl sites for hydroxylation is 1. The van der Waals surface area contributed by atoms with Crippen molar-refractivity contribution in [3.05, 3.63) is 41.3 Å². The van der Waals surface area contributed by atoms with Gasteiger partial charge in [-0.2, -0.15) is 5.10 Å². The van der Waals surface area contributed by atoms with E-state index in [0.29, 0.717) is 5.69 Å². The zero-order chi connectivity index (χ0) is 13.1. The number of carbonyl (C=O) groups excluding carboxylic acids is 1. The maximum Gasteiger partial charge on any atom is 0.341 e. The monoisotopic (exact) mass is 246 g/mol. The van der Waals surface area contributed by atoms with Gasteiger partial charge in [0, 0.05) is 11.9 Å². The molecular formula is C11H10N4O3. The number of aromatic carboxylic acids is 1. The van der Waals surface area contributed by atoms with Crippen LogP contribution >= 0.6 is 0 Å². The Morgan fingerprint density at radius 1 is 1.39 bits per heavy atom. The molecule has 18 heavy (non-hydrogen) atoms. The van der Waals surface area contributed by atoms with E-state index in [-0.39, 0.29) is 17.1 Å². The Kier molecular flexibility index (Phi) is 3.05. The van der Waals surface area contributed by atoms with Gasteiger partial charge in [0.25, 0.3) is 5.91 Å². The predicted molar refractivity (Wildman–Crippen MR) is 62.5 cm³/mol. The second-order valence-electron chi connectivity index (χ2n) is 3.55. The lowest BCUT2D eigenvalue weighted by molar-refractivity contribution is 0.0697. The van der Waals surface area contributed by atoms with Crippen LogP contribution in [0.25, 0.3) is 0 Å². The van der Waals surface area contributed by atoms with Gasteiger partial charge in [-0.05, 0) is 19.1 Å². The van der Waals surface area contributed by atoms with Crippen LogP contribution in [0, 0.1) is 6.92 Å². The number of pyridine rings is 1. The number of hydrogen-bond donors (Lipinski definition) is 3. The third kappa shape index (κ3) is 2.19. The fourth-order valence-corrected chi connectivity index (χ4v) is 1.45. The van der Waals surface area contributed by atoms with Crippen molar-refractivity contribution in [2.75, 3.05) is 5.32 Å². The van der Waals surface area contributed by atoms with Gasteiger partial charge >= 0.3 is 5.97 Å². The van der Waals surface area contributed by atoms with Gasteiger partial charge in [0.1, 0.15) is 11.3 Å². The average molecular weight is 246 g/mol. The molecule has 1 amide bonds. The number of rotatable bonds is 3. The minimum absolute atomic E-state index is 0.0179. The first-order valence-electron chi connectivity index (χ1n) is 5.10. The molecule has 0 aliphatic heterocycles. The molecule has 0 atom stereocenters. The van der Waals surface area contributed by atoms with E-state index in [9.17, 15) is 9.59 Å². The Hall–Kier alpha value is -2.70. The fourth-order valence-electron chi connectivity index (χ4n) is 1.45. The Bertz CT molecular complexity index is 592. The van der Waals surface area contributed by atoms with Crippen molar-refractivity contribution >= 4 is 17.7 Å². The average Bonchev–Trinajstić information content (AvgIpc) is 2.71. The topological polar surface area (TPSA) is 108 Å². The standard InChI is InChI=1S/C11H10N4O3/c1-6-8(11(17)18)9(15-14-6)13-10(16)7-4-2-3-5-12-7/h2-5H,1H3,(H,17,18)(H2,13,14,15,16). The van der Waals surface area contributed by atoms with Gasteiger partial charge in [-0.3, -0.25) is 14.9 Å². The third-order valence-corrected chi connectivity index (χ3v) is 2.29. The van der Waals surface area contributed by atoms with E-state index in [4.69, 9.17) is 5.11 Å². The van der Waals surface area contributed by atoms with Crippen molar-refractivity contribution in [1.82, 2.24) is 15.2 Å². The first-order valence-corrected chi connectivity index (χ1v) is 5.10.